The Bertz CT molecular complexity index is 267. The predicted octanol–water partition coefficient (Wildman–Crippen LogP) is 5.93. The van der Waals surface area contributed by atoms with Gasteiger partial charge in [-0.05, 0) is 44.6 Å². The zero-order valence-electron chi connectivity index (χ0n) is 13.4. The van der Waals surface area contributed by atoms with Crippen LogP contribution in [0.5, 0.6) is 0 Å². The first-order valence-electron chi connectivity index (χ1n) is 8.24. The van der Waals surface area contributed by atoms with Gasteiger partial charge in [0.1, 0.15) is 0 Å². The fourth-order valence-electron chi connectivity index (χ4n) is 2.01. The molecule has 20 heavy (non-hydrogen) atoms. The molecule has 0 N–H and O–H groups in total. The van der Waals surface area contributed by atoms with E-state index in [1.807, 2.05) is 6.08 Å². The van der Waals surface area contributed by atoms with Crippen LogP contribution in [-0.4, -0.2) is 5.97 Å². The Kier molecular flexibility index (Phi) is 15.2. The van der Waals surface area contributed by atoms with Crippen molar-refractivity contribution in [2.45, 2.75) is 84.5 Å². The number of carbonyl (C=O) groups is 1. The number of carbonyl (C=O) groups excluding carboxylic acids is 1. The molecule has 0 aromatic heterocycles. The highest BCUT2D eigenvalue weighted by molar-refractivity contribution is 5.66. The van der Waals surface area contributed by atoms with E-state index in [1.54, 1.807) is 0 Å². The second kappa shape index (κ2) is 16.0. The van der Waals surface area contributed by atoms with Crippen molar-refractivity contribution in [3.8, 4) is 0 Å². The molecule has 0 atom stereocenters. The monoisotopic (exact) mass is 280 g/mol. The molecule has 0 bridgehead atoms. The van der Waals surface area contributed by atoms with Gasteiger partial charge < -0.3 is 4.74 Å². The van der Waals surface area contributed by atoms with Gasteiger partial charge in [-0.2, -0.15) is 0 Å². The molecule has 0 unspecified atom stereocenters. The van der Waals surface area contributed by atoms with Gasteiger partial charge in [0.25, 0.3) is 0 Å². The van der Waals surface area contributed by atoms with Crippen LogP contribution < -0.4 is 0 Å². The number of unbranched alkanes of at least 4 members (excludes halogenated alkanes) is 9. The Morgan fingerprint density at radius 1 is 0.800 bits per heavy atom. The molecule has 0 aliphatic heterocycles. The van der Waals surface area contributed by atoms with Gasteiger partial charge in [0.2, 0.25) is 0 Å². The molecular weight excluding hydrogens is 248 g/mol. The van der Waals surface area contributed by atoms with Gasteiger partial charge in [0.15, 0.2) is 0 Å². The Morgan fingerprint density at radius 3 is 1.90 bits per heavy atom. The zero-order chi connectivity index (χ0) is 14.9. The van der Waals surface area contributed by atoms with Crippen molar-refractivity contribution in [3.05, 3.63) is 24.5 Å². The Labute approximate surface area is 125 Å². The smallest absolute Gasteiger partial charge is 0.307 e. The Balaban J connectivity index is 3.16. The standard InChI is InChI=1S/C18H32O2/c1-3-4-5-6-7-8-9-10-11-12-13-14-15-16-17-20-18(2)19/h10-11,16-17H,3-9,12-15H2,1-2H3/b11-10-,17-16+. The van der Waals surface area contributed by atoms with Crippen LogP contribution in [0, 0.1) is 0 Å². The second-order valence-corrected chi connectivity index (χ2v) is 5.29. The lowest BCUT2D eigenvalue weighted by Gasteiger charge is -1.98. The molecule has 0 heterocycles. The quantitative estimate of drug-likeness (QED) is 0.181. The van der Waals surface area contributed by atoms with Crippen LogP contribution in [-0.2, 0) is 9.53 Å². The molecule has 2 nitrogen and oxygen atoms in total. The fourth-order valence-corrected chi connectivity index (χ4v) is 2.01. The molecule has 0 radical (unpaired) electrons. The lowest BCUT2D eigenvalue weighted by molar-refractivity contribution is -0.135. The minimum absolute atomic E-state index is 0.251. The highest BCUT2D eigenvalue weighted by atomic mass is 16.5. The first kappa shape index (κ1) is 18.9. The molecule has 0 saturated heterocycles. The van der Waals surface area contributed by atoms with Crippen LogP contribution >= 0.6 is 0 Å². The van der Waals surface area contributed by atoms with Crippen LogP contribution in [0.1, 0.15) is 84.5 Å². The van der Waals surface area contributed by atoms with E-state index in [-0.39, 0.29) is 5.97 Å². The second-order valence-electron chi connectivity index (χ2n) is 5.29. The topological polar surface area (TPSA) is 26.3 Å². The third-order valence-electron chi connectivity index (χ3n) is 3.21. The third kappa shape index (κ3) is 16.9. The molecule has 0 aliphatic rings. The summed E-state index contributed by atoms with van der Waals surface area (Å²) in [6.07, 6.45) is 22.0. The number of allylic oxidation sites excluding steroid dienone is 3. The van der Waals surface area contributed by atoms with Crippen LogP contribution in [0.15, 0.2) is 24.5 Å². The van der Waals surface area contributed by atoms with Gasteiger partial charge in [-0.1, -0.05) is 51.2 Å². The average molecular weight is 280 g/mol. The molecule has 0 aromatic carbocycles. The van der Waals surface area contributed by atoms with Gasteiger partial charge >= 0.3 is 5.97 Å². The minimum atomic E-state index is -0.251. The SMILES string of the molecule is CCCCCCCC/C=C\CCCC/C=C/OC(C)=O. The minimum Gasteiger partial charge on any atom is -0.435 e. The summed E-state index contributed by atoms with van der Waals surface area (Å²) >= 11 is 0. The van der Waals surface area contributed by atoms with E-state index >= 15 is 0 Å². The number of ether oxygens (including phenoxy) is 1. The normalized spacial score (nSPS) is 11.5. The van der Waals surface area contributed by atoms with Crippen LogP contribution in [0.3, 0.4) is 0 Å². The molecule has 2 heteroatoms. The van der Waals surface area contributed by atoms with Crippen molar-refractivity contribution in [3.63, 3.8) is 0 Å². The van der Waals surface area contributed by atoms with Gasteiger partial charge in [0, 0.05) is 6.92 Å². The highest BCUT2D eigenvalue weighted by Crippen LogP contribution is 2.08. The maximum Gasteiger partial charge on any atom is 0.307 e. The molecular formula is C18H32O2. The van der Waals surface area contributed by atoms with Crippen LogP contribution in [0.2, 0.25) is 0 Å². The molecule has 0 aromatic rings. The largest absolute Gasteiger partial charge is 0.435 e. The summed E-state index contributed by atoms with van der Waals surface area (Å²) in [7, 11) is 0. The van der Waals surface area contributed by atoms with Crippen molar-refractivity contribution >= 4 is 5.97 Å². The molecule has 0 amide bonds. The summed E-state index contributed by atoms with van der Waals surface area (Å²) in [6.45, 7) is 3.67. The van der Waals surface area contributed by atoms with Crippen molar-refractivity contribution in [1.29, 1.82) is 0 Å². The molecule has 0 fully saturated rings. The van der Waals surface area contributed by atoms with Crippen molar-refractivity contribution < 1.29 is 9.53 Å². The van der Waals surface area contributed by atoms with E-state index in [4.69, 9.17) is 4.74 Å². The third-order valence-corrected chi connectivity index (χ3v) is 3.21. The molecule has 0 rings (SSSR count). The van der Waals surface area contributed by atoms with Crippen molar-refractivity contribution in [1.82, 2.24) is 0 Å². The summed E-state index contributed by atoms with van der Waals surface area (Å²) in [5.41, 5.74) is 0. The number of rotatable bonds is 13. The zero-order valence-corrected chi connectivity index (χ0v) is 13.4. The number of hydrogen-bond acceptors (Lipinski definition) is 2. The fraction of sp³-hybridized carbons (Fsp3) is 0.722. The molecule has 0 aliphatic carbocycles. The highest BCUT2D eigenvalue weighted by Gasteiger charge is 1.89. The Hall–Kier alpha value is -1.05. The summed E-state index contributed by atoms with van der Waals surface area (Å²) in [4.78, 5) is 10.5. The summed E-state index contributed by atoms with van der Waals surface area (Å²) < 4.78 is 4.72. The number of esters is 1. The van der Waals surface area contributed by atoms with Crippen molar-refractivity contribution in [2.75, 3.05) is 0 Å². The van der Waals surface area contributed by atoms with Gasteiger partial charge in [-0.3, -0.25) is 4.79 Å². The van der Waals surface area contributed by atoms with E-state index < -0.39 is 0 Å². The average Bonchev–Trinajstić information content (AvgIpc) is 2.43. The molecule has 0 spiro atoms. The van der Waals surface area contributed by atoms with E-state index in [1.165, 1.54) is 64.6 Å². The van der Waals surface area contributed by atoms with Crippen LogP contribution in [0.4, 0.5) is 0 Å². The van der Waals surface area contributed by atoms with Crippen LogP contribution in [0.25, 0.3) is 0 Å². The first-order chi connectivity index (χ1) is 9.77. The van der Waals surface area contributed by atoms with E-state index in [0.29, 0.717) is 0 Å². The lowest BCUT2D eigenvalue weighted by Crippen LogP contribution is -1.89. The summed E-state index contributed by atoms with van der Waals surface area (Å²) in [5, 5.41) is 0. The van der Waals surface area contributed by atoms with Gasteiger partial charge in [-0.15, -0.1) is 0 Å². The maximum absolute atomic E-state index is 10.5. The molecule has 116 valence electrons. The summed E-state index contributed by atoms with van der Waals surface area (Å²) in [5.74, 6) is -0.251. The maximum atomic E-state index is 10.5. The molecule has 0 saturated carbocycles. The van der Waals surface area contributed by atoms with Gasteiger partial charge in [-0.25, -0.2) is 0 Å². The summed E-state index contributed by atoms with van der Waals surface area (Å²) in [6, 6.07) is 0. The van der Waals surface area contributed by atoms with Gasteiger partial charge in [0.05, 0.1) is 6.26 Å². The van der Waals surface area contributed by atoms with E-state index in [2.05, 4.69) is 19.1 Å². The Morgan fingerprint density at radius 2 is 1.30 bits per heavy atom. The van der Waals surface area contributed by atoms with E-state index in [9.17, 15) is 4.79 Å². The predicted molar refractivity (Wildman–Crippen MR) is 86.5 cm³/mol. The lowest BCUT2D eigenvalue weighted by atomic mass is 10.1. The number of hydrogen-bond donors (Lipinski definition) is 0. The van der Waals surface area contributed by atoms with Crippen molar-refractivity contribution in [2.24, 2.45) is 0 Å². The first-order valence-corrected chi connectivity index (χ1v) is 8.24. The van der Waals surface area contributed by atoms with E-state index in [0.717, 1.165) is 19.3 Å².